The highest BCUT2D eigenvalue weighted by molar-refractivity contribution is 6.31. The molecule has 0 unspecified atom stereocenters. The third-order valence-electron chi connectivity index (χ3n) is 3.50. The van der Waals surface area contributed by atoms with Gasteiger partial charge >= 0.3 is 0 Å². The fourth-order valence-corrected chi connectivity index (χ4v) is 2.69. The van der Waals surface area contributed by atoms with Crippen molar-refractivity contribution in [3.63, 3.8) is 0 Å². The van der Waals surface area contributed by atoms with Crippen LogP contribution in [0.1, 0.15) is 25.5 Å². The van der Waals surface area contributed by atoms with E-state index in [1.54, 1.807) is 24.3 Å². The van der Waals surface area contributed by atoms with Crippen molar-refractivity contribution in [3.05, 3.63) is 64.1 Å². The van der Waals surface area contributed by atoms with E-state index in [1.807, 2.05) is 43.4 Å². The third-order valence-corrected chi connectivity index (χ3v) is 4.09. The van der Waals surface area contributed by atoms with Crippen molar-refractivity contribution in [1.29, 1.82) is 0 Å². The number of hydrogen-bond donors (Lipinski definition) is 2. The third kappa shape index (κ3) is 4.47. The van der Waals surface area contributed by atoms with Crippen molar-refractivity contribution in [2.24, 2.45) is 0 Å². The smallest absolute Gasteiger partial charge is 0.282 e. The monoisotopic (exact) mass is 337 g/mol. The summed E-state index contributed by atoms with van der Waals surface area (Å²) in [6.07, 6.45) is 0. The van der Waals surface area contributed by atoms with E-state index in [0.29, 0.717) is 5.02 Å². The predicted octanol–water partition coefficient (Wildman–Crippen LogP) is 3.65. The number of benzene rings is 2. The topological polar surface area (TPSA) is 45.7 Å². The van der Waals surface area contributed by atoms with Gasteiger partial charge in [0, 0.05) is 21.3 Å². The lowest BCUT2D eigenvalue weighted by Crippen LogP contribution is -2.91. The fourth-order valence-electron chi connectivity index (χ4n) is 2.26. The van der Waals surface area contributed by atoms with E-state index in [9.17, 15) is 4.79 Å². The van der Waals surface area contributed by atoms with Gasteiger partial charge in [0.05, 0.1) is 0 Å². The van der Waals surface area contributed by atoms with Gasteiger partial charge in [-0.05, 0) is 44.2 Å². The number of nitrogens with one attached hydrogen (secondary N) is 1. The lowest BCUT2D eigenvalue weighted by atomic mass is 10.1. The van der Waals surface area contributed by atoms with E-state index >= 15 is 0 Å². The Morgan fingerprint density at radius 3 is 2.32 bits per heavy atom. The van der Waals surface area contributed by atoms with Crippen molar-refractivity contribution in [1.82, 2.24) is 0 Å². The van der Waals surface area contributed by atoms with Crippen molar-refractivity contribution >= 4 is 34.8 Å². The lowest BCUT2D eigenvalue weighted by Gasteiger charge is -2.17. The van der Waals surface area contributed by atoms with Gasteiger partial charge < -0.3 is 10.6 Å². The summed E-state index contributed by atoms with van der Waals surface area (Å²) in [4.78, 5) is 12.2. The molecule has 2 rings (SSSR count). The van der Waals surface area contributed by atoms with Crippen LogP contribution in [-0.4, -0.2) is 11.9 Å². The molecule has 0 heterocycles. The highest BCUT2D eigenvalue weighted by atomic mass is 35.5. The first-order chi connectivity index (χ1) is 10.5. The number of nitrogens with two attached hydrogens (primary N) is 1. The Morgan fingerprint density at radius 1 is 1.05 bits per heavy atom. The summed E-state index contributed by atoms with van der Waals surface area (Å²) in [7, 11) is 0. The minimum Gasteiger partial charge on any atom is -0.330 e. The first-order valence-corrected chi connectivity index (χ1v) is 7.89. The normalized spacial score (nSPS) is 13.5. The lowest BCUT2D eigenvalue weighted by molar-refractivity contribution is -0.709. The molecule has 2 aromatic carbocycles. The summed E-state index contributed by atoms with van der Waals surface area (Å²) in [5.74, 6) is -0.0544. The van der Waals surface area contributed by atoms with Gasteiger partial charge in [-0.3, -0.25) is 4.79 Å². The highest BCUT2D eigenvalue weighted by Crippen LogP contribution is 2.19. The van der Waals surface area contributed by atoms with E-state index < -0.39 is 0 Å². The fraction of sp³-hybridized carbons (Fsp3) is 0.235. The molecule has 0 spiro atoms. The number of hydrogen-bond acceptors (Lipinski definition) is 1. The molecule has 116 valence electrons. The largest absolute Gasteiger partial charge is 0.330 e. The zero-order valence-electron chi connectivity index (χ0n) is 12.5. The van der Waals surface area contributed by atoms with Crippen LogP contribution in [0.15, 0.2) is 48.5 Å². The highest BCUT2D eigenvalue weighted by Gasteiger charge is 2.21. The average Bonchev–Trinajstić information content (AvgIpc) is 2.49. The number of amides is 1. The molecule has 0 aliphatic heterocycles. The van der Waals surface area contributed by atoms with Crippen LogP contribution in [0.3, 0.4) is 0 Å². The van der Waals surface area contributed by atoms with Gasteiger partial charge in [0.25, 0.3) is 5.91 Å². The molecule has 0 saturated heterocycles. The molecule has 1 amide bonds. The van der Waals surface area contributed by atoms with Gasteiger partial charge in [-0.25, -0.2) is 0 Å². The summed E-state index contributed by atoms with van der Waals surface area (Å²) in [6, 6.07) is 14.6. The zero-order chi connectivity index (χ0) is 16.1. The number of rotatable bonds is 5. The molecule has 0 aromatic heterocycles. The van der Waals surface area contributed by atoms with E-state index in [2.05, 4.69) is 5.32 Å². The van der Waals surface area contributed by atoms with Crippen LogP contribution in [0.25, 0.3) is 0 Å². The van der Waals surface area contributed by atoms with Gasteiger partial charge in [-0.2, -0.15) is 0 Å². The molecule has 3 nitrogen and oxygen atoms in total. The van der Waals surface area contributed by atoms with Gasteiger partial charge in [-0.1, -0.05) is 41.4 Å². The SMILES string of the molecule is C[C@H]([NH2+][C@@H](C)c1ccccc1Cl)C(=O)Nc1ccc(Cl)cc1. The number of halogens is 2. The molecule has 3 N–H and O–H groups in total. The molecule has 0 fully saturated rings. The molecule has 0 saturated carbocycles. The first-order valence-electron chi connectivity index (χ1n) is 7.13. The Kier molecular flexibility index (Phi) is 5.83. The molecule has 2 aromatic rings. The molecule has 0 bridgehead atoms. The van der Waals surface area contributed by atoms with Gasteiger partial charge in [0.2, 0.25) is 0 Å². The Labute approximate surface area is 140 Å². The second-order valence-electron chi connectivity index (χ2n) is 5.29. The van der Waals surface area contributed by atoms with Gasteiger partial charge in [0.15, 0.2) is 6.04 Å². The minimum absolute atomic E-state index is 0.0544. The average molecular weight is 338 g/mol. The summed E-state index contributed by atoms with van der Waals surface area (Å²) in [5.41, 5.74) is 1.76. The molecule has 0 radical (unpaired) electrons. The van der Waals surface area contributed by atoms with Crippen molar-refractivity contribution in [3.8, 4) is 0 Å². The van der Waals surface area contributed by atoms with Crippen molar-refractivity contribution in [2.75, 3.05) is 5.32 Å². The number of carbonyl (C=O) groups excluding carboxylic acids is 1. The van der Waals surface area contributed by atoms with Crippen LogP contribution in [0.2, 0.25) is 10.0 Å². The van der Waals surface area contributed by atoms with Crippen LogP contribution in [0.5, 0.6) is 0 Å². The Bertz CT molecular complexity index is 643. The summed E-state index contributed by atoms with van der Waals surface area (Å²) < 4.78 is 0. The van der Waals surface area contributed by atoms with Crippen molar-refractivity contribution < 1.29 is 10.1 Å². The first kappa shape index (κ1) is 16.8. The van der Waals surface area contributed by atoms with Crippen LogP contribution >= 0.6 is 23.2 Å². The molecule has 2 atom stereocenters. The van der Waals surface area contributed by atoms with E-state index in [-0.39, 0.29) is 18.0 Å². The van der Waals surface area contributed by atoms with E-state index in [4.69, 9.17) is 23.2 Å². The Morgan fingerprint density at radius 2 is 1.68 bits per heavy atom. The Balaban J connectivity index is 1.96. The Hall–Kier alpha value is -1.55. The summed E-state index contributed by atoms with van der Waals surface area (Å²) in [6.45, 7) is 3.91. The maximum Gasteiger partial charge on any atom is 0.282 e. The molecule has 5 heteroatoms. The van der Waals surface area contributed by atoms with Crippen molar-refractivity contribution in [2.45, 2.75) is 25.9 Å². The van der Waals surface area contributed by atoms with Crippen LogP contribution in [0, 0.1) is 0 Å². The second-order valence-corrected chi connectivity index (χ2v) is 6.13. The molecular formula is C17H19Cl2N2O+. The number of quaternary nitrogens is 1. The maximum absolute atomic E-state index is 12.2. The maximum atomic E-state index is 12.2. The number of carbonyl (C=O) groups is 1. The van der Waals surface area contributed by atoms with E-state index in [0.717, 1.165) is 16.3 Å². The van der Waals surface area contributed by atoms with Crippen LogP contribution < -0.4 is 10.6 Å². The summed E-state index contributed by atoms with van der Waals surface area (Å²) in [5, 5.41) is 6.23. The zero-order valence-corrected chi connectivity index (χ0v) is 14.0. The molecule has 22 heavy (non-hydrogen) atoms. The molecular weight excluding hydrogens is 319 g/mol. The second kappa shape index (κ2) is 7.63. The molecule has 0 aliphatic carbocycles. The predicted molar refractivity (Wildman–Crippen MR) is 91.3 cm³/mol. The van der Waals surface area contributed by atoms with Crippen LogP contribution in [-0.2, 0) is 4.79 Å². The minimum atomic E-state index is -0.234. The van der Waals surface area contributed by atoms with Crippen LogP contribution in [0.4, 0.5) is 5.69 Å². The molecule has 0 aliphatic rings. The quantitative estimate of drug-likeness (QED) is 0.859. The number of anilines is 1. The van der Waals surface area contributed by atoms with Gasteiger partial charge in [-0.15, -0.1) is 0 Å². The summed E-state index contributed by atoms with van der Waals surface area (Å²) >= 11 is 12.0. The standard InChI is InChI=1S/C17H18Cl2N2O/c1-11(15-5-3-4-6-16(15)19)20-12(2)17(22)21-14-9-7-13(18)8-10-14/h3-12,20H,1-2H3,(H,21,22)/p+1/t11-,12-/m0/s1. The van der Waals surface area contributed by atoms with E-state index in [1.165, 1.54) is 0 Å². The van der Waals surface area contributed by atoms with Gasteiger partial charge in [0.1, 0.15) is 6.04 Å².